The minimum absolute atomic E-state index is 0.194. The van der Waals surface area contributed by atoms with Crippen molar-refractivity contribution in [3.05, 3.63) is 29.8 Å². The predicted octanol–water partition coefficient (Wildman–Crippen LogP) is 4.05. The van der Waals surface area contributed by atoms with Crippen LogP contribution in [-0.4, -0.2) is 13.4 Å². The number of benzene rings is 1. The molecule has 1 aliphatic rings. The van der Waals surface area contributed by atoms with Crippen LogP contribution >= 0.6 is 0 Å². The molecule has 1 saturated carbocycles. The SMILES string of the molecule is CC(C)(C)[Si](C)(C)Oc1cccc(C2(O)CC2)c1. The maximum Gasteiger partial charge on any atom is 0.250 e. The summed E-state index contributed by atoms with van der Waals surface area (Å²) in [4.78, 5) is 0. The van der Waals surface area contributed by atoms with Gasteiger partial charge < -0.3 is 9.53 Å². The van der Waals surface area contributed by atoms with Gasteiger partial charge in [0.25, 0.3) is 0 Å². The number of aliphatic hydroxyl groups is 1. The molecule has 1 aromatic carbocycles. The van der Waals surface area contributed by atoms with E-state index < -0.39 is 13.9 Å². The monoisotopic (exact) mass is 264 g/mol. The fourth-order valence-corrected chi connectivity index (χ4v) is 2.73. The van der Waals surface area contributed by atoms with Gasteiger partial charge in [0, 0.05) is 0 Å². The third-order valence-corrected chi connectivity index (χ3v) is 8.63. The van der Waals surface area contributed by atoms with Gasteiger partial charge >= 0.3 is 0 Å². The van der Waals surface area contributed by atoms with Gasteiger partial charge in [-0.15, -0.1) is 0 Å². The number of hydrogen-bond donors (Lipinski definition) is 1. The van der Waals surface area contributed by atoms with Crippen molar-refractivity contribution in [3.8, 4) is 5.75 Å². The summed E-state index contributed by atoms with van der Waals surface area (Å²) in [7, 11) is -1.79. The Balaban J connectivity index is 2.20. The van der Waals surface area contributed by atoms with Crippen molar-refractivity contribution in [1.82, 2.24) is 0 Å². The van der Waals surface area contributed by atoms with Gasteiger partial charge in [-0.25, -0.2) is 0 Å². The minimum Gasteiger partial charge on any atom is -0.543 e. The fourth-order valence-electron chi connectivity index (χ4n) is 1.70. The molecule has 0 bridgehead atoms. The quantitative estimate of drug-likeness (QED) is 0.835. The van der Waals surface area contributed by atoms with Gasteiger partial charge in [0.2, 0.25) is 8.32 Å². The Morgan fingerprint density at radius 1 is 1.22 bits per heavy atom. The lowest BCUT2D eigenvalue weighted by molar-refractivity contribution is 0.151. The van der Waals surface area contributed by atoms with E-state index in [1.165, 1.54) is 0 Å². The van der Waals surface area contributed by atoms with E-state index in [1.54, 1.807) is 0 Å². The first kappa shape index (κ1) is 13.6. The standard InChI is InChI=1S/C15H24O2Si/c1-14(2,3)18(4,5)17-13-8-6-7-12(11-13)15(16)9-10-15/h6-8,11,16H,9-10H2,1-5H3. The first-order valence-corrected chi connectivity index (χ1v) is 9.57. The lowest BCUT2D eigenvalue weighted by atomic mass is 10.1. The molecule has 0 aliphatic heterocycles. The zero-order chi connectivity index (χ0) is 13.6. The first-order valence-electron chi connectivity index (χ1n) is 6.66. The second-order valence-electron chi connectivity index (χ2n) is 6.92. The minimum atomic E-state index is -1.79. The van der Waals surface area contributed by atoms with Crippen LogP contribution in [0.4, 0.5) is 0 Å². The number of rotatable bonds is 3. The molecule has 1 fully saturated rings. The van der Waals surface area contributed by atoms with Crippen molar-refractivity contribution in [1.29, 1.82) is 0 Å². The molecule has 1 N–H and O–H groups in total. The summed E-state index contributed by atoms with van der Waals surface area (Å²) >= 11 is 0. The van der Waals surface area contributed by atoms with E-state index in [2.05, 4.69) is 33.9 Å². The lowest BCUT2D eigenvalue weighted by Crippen LogP contribution is -2.43. The molecule has 0 aromatic heterocycles. The van der Waals surface area contributed by atoms with Crippen LogP contribution in [0.5, 0.6) is 5.75 Å². The Bertz CT molecular complexity index is 442. The van der Waals surface area contributed by atoms with E-state index in [0.29, 0.717) is 0 Å². The summed E-state index contributed by atoms with van der Waals surface area (Å²) in [5, 5.41) is 10.3. The van der Waals surface area contributed by atoms with Gasteiger partial charge in [0.05, 0.1) is 5.60 Å². The molecule has 1 aliphatic carbocycles. The van der Waals surface area contributed by atoms with Crippen LogP contribution in [0.25, 0.3) is 0 Å². The highest BCUT2D eigenvalue weighted by atomic mass is 28.4. The maximum absolute atomic E-state index is 10.1. The molecule has 100 valence electrons. The van der Waals surface area contributed by atoms with Crippen molar-refractivity contribution < 1.29 is 9.53 Å². The second-order valence-corrected chi connectivity index (χ2v) is 11.6. The second kappa shape index (κ2) is 4.10. The highest BCUT2D eigenvalue weighted by Crippen LogP contribution is 2.46. The Kier molecular flexibility index (Phi) is 3.11. The molecule has 0 atom stereocenters. The van der Waals surface area contributed by atoms with Gasteiger partial charge in [0.1, 0.15) is 5.75 Å². The van der Waals surface area contributed by atoms with Crippen molar-refractivity contribution in [2.24, 2.45) is 0 Å². The Hall–Kier alpha value is -0.803. The Morgan fingerprint density at radius 3 is 2.33 bits per heavy atom. The molecular formula is C15H24O2Si. The summed E-state index contributed by atoms with van der Waals surface area (Å²) in [6, 6.07) is 7.98. The predicted molar refractivity (Wildman–Crippen MR) is 77.4 cm³/mol. The average molecular weight is 264 g/mol. The van der Waals surface area contributed by atoms with Crippen LogP contribution < -0.4 is 4.43 Å². The summed E-state index contributed by atoms with van der Waals surface area (Å²) in [6.45, 7) is 11.2. The summed E-state index contributed by atoms with van der Waals surface area (Å²) < 4.78 is 6.26. The molecule has 2 nitrogen and oxygen atoms in total. The summed E-state index contributed by atoms with van der Waals surface area (Å²) in [6.07, 6.45) is 1.74. The van der Waals surface area contributed by atoms with E-state index in [9.17, 15) is 5.11 Å². The highest BCUT2D eigenvalue weighted by molar-refractivity contribution is 6.74. The van der Waals surface area contributed by atoms with Crippen LogP contribution in [0.15, 0.2) is 24.3 Å². The molecule has 0 heterocycles. The molecule has 0 unspecified atom stereocenters. The molecule has 18 heavy (non-hydrogen) atoms. The van der Waals surface area contributed by atoms with Crippen molar-refractivity contribution in [2.75, 3.05) is 0 Å². The van der Waals surface area contributed by atoms with Crippen LogP contribution in [0.3, 0.4) is 0 Å². The Morgan fingerprint density at radius 2 is 1.83 bits per heavy atom. The largest absolute Gasteiger partial charge is 0.543 e. The number of hydrogen-bond acceptors (Lipinski definition) is 2. The topological polar surface area (TPSA) is 29.5 Å². The van der Waals surface area contributed by atoms with Gasteiger partial charge in [-0.05, 0) is 48.7 Å². The molecule has 0 amide bonds. The van der Waals surface area contributed by atoms with Gasteiger partial charge in [-0.2, -0.15) is 0 Å². The van der Waals surface area contributed by atoms with Gasteiger partial charge in [0.15, 0.2) is 0 Å². The van der Waals surface area contributed by atoms with E-state index >= 15 is 0 Å². The fraction of sp³-hybridized carbons (Fsp3) is 0.600. The molecule has 0 spiro atoms. The normalized spacial score (nSPS) is 18.6. The van der Waals surface area contributed by atoms with Crippen LogP contribution in [0.1, 0.15) is 39.2 Å². The van der Waals surface area contributed by atoms with E-state index in [1.807, 2.05) is 24.3 Å². The average Bonchev–Trinajstić information content (AvgIpc) is 2.96. The van der Waals surface area contributed by atoms with Crippen molar-refractivity contribution in [3.63, 3.8) is 0 Å². The third-order valence-electron chi connectivity index (χ3n) is 4.27. The highest BCUT2D eigenvalue weighted by Gasteiger charge is 2.43. The smallest absolute Gasteiger partial charge is 0.250 e. The molecule has 0 radical (unpaired) electrons. The molecule has 2 rings (SSSR count). The van der Waals surface area contributed by atoms with Crippen LogP contribution in [0.2, 0.25) is 18.1 Å². The molecule has 0 saturated heterocycles. The first-order chi connectivity index (χ1) is 8.14. The zero-order valence-corrected chi connectivity index (χ0v) is 13.1. The van der Waals surface area contributed by atoms with E-state index in [0.717, 1.165) is 24.2 Å². The van der Waals surface area contributed by atoms with Crippen molar-refractivity contribution in [2.45, 2.75) is 57.3 Å². The van der Waals surface area contributed by atoms with Crippen molar-refractivity contribution >= 4 is 8.32 Å². The van der Waals surface area contributed by atoms with E-state index in [-0.39, 0.29) is 5.04 Å². The molecule has 3 heteroatoms. The van der Waals surface area contributed by atoms with E-state index in [4.69, 9.17) is 4.43 Å². The molecular weight excluding hydrogens is 240 g/mol. The summed E-state index contributed by atoms with van der Waals surface area (Å²) in [5.41, 5.74) is 0.422. The van der Waals surface area contributed by atoms with Crippen LogP contribution in [0, 0.1) is 0 Å². The molecule has 1 aromatic rings. The van der Waals surface area contributed by atoms with Gasteiger partial charge in [-0.3, -0.25) is 0 Å². The Labute approximate surface area is 111 Å². The van der Waals surface area contributed by atoms with Gasteiger partial charge in [-0.1, -0.05) is 32.9 Å². The van der Waals surface area contributed by atoms with Crippen LogP contribution in [-0.2, 0) is 5.60 Å². The maximum atomic E-state index is 10.1. The lowest BCUT2D eigenvalue weighted by Gasteiger charge is -2.36. The summed E-state index contributed by atoms with van der Waals surface area (Å²) in [5.74, 6) is 0.902. The third kappa shape index (κ3) is 2.62. The zero-order valence-electron chi connectivity index (χ0n) is 12.1.